The number of nitrogens with zero attached hydrogens (tertiary/aromatic N) is 20. The second kappa shape index (κ2) is 76.8. The van der Waals surface area contributed by atoms with Gasteiger partial charge in [0.15, 0.2) is 5.78 Å². The fraction of sp³-hybridized carbons (Fsp3) is 0.778. The van der Waals surface area contributed by atoms with Crippen molar-refractivity contribution < 1.29 is 317 Å². The molecule has 0 saturated carbocycles. The van der Waals surface area contributed by atoms with Gasteiger partial charge in [-0.05, 0) is 61.8 Å². The molecule has 0 bridgehead atoms. The molecular formula is C90H151Gd4N23O32+6. The monoisotopic (exact) mass is 2700 g/mol. The van der Waals surface area contributed by atoms with E-state index in [1.54, 1.807) is 79.9 Å². The zero-order valence-electron chi connectivity index (χ0n) is 86.3. The summed E-state index contributed by atoms with van der Waals surface area (Å²) in [6.07, 6.45) is -0.984. The Morgan fingerprint density at radius 3 is 0.477 bits per heavy atom. The number of carboxylic acids is 12. The Balaban J connectivity index is 0.0000548. The number of Topliss-reactive ketones (excluding diaryl/α,β-unsaturated/α-hetero) is 1. The molecule has 4 aliphatic heterocycles. The molecule has 0 atom stereocenters. The SMILES string of the molecule is CC(C)N(CC(=O)CCC(CNC(=O)CN(C(=O)CN1CCN(CC(=O)[O-])CCN(CC(=O)[O-])CCN(CC(=O)O)CC1)C(C)C)(CNC(=O)CN(C(=O)CN1CCN(CC(=O)[O-])CCN(CC(=O)[O-])CCN(CC(=O)O)CC1)C(C)C)CNC(=O)CN(C(=O)CN1CCN(CC(=O)[O-])CCN(CC(=O)O)CCN(CC(=O)O)CC1)C(C)C)C(=O)CN1CCN(CC(=O)[O-])CCN(CC(=O)O)CCN(CC(=O)O)CC1.[Gd+3].[Gd+3].[Gd+3].[Gd+3]. The molecule has 844 valence electrons. The van der Waals surface area contributed by atoms with Crippen molar-refractivity contribution in [3.63, 3.8) is 0 Å². The van der Waals surface area contributed by atoms with Crippen LogP contribution in [0, 0.1) is 165 Å². The number of nitrogens with one attached hydrogen (secondary N) is 3. The standard InChI is InChI=1S/C90H157N23O32.4Gd/c1-66(2)110(74(118)47-94-11-19-98(51-78(122)123)27-35-106(59-86(138)139)36-28-99(20-12-94)52-79(124)125)43-70(114)9-10-90(63-91-71(115)44-111(67(3)4)75(119)48-95-13-21-100(53-80(126)127)29-37-107(60-87(140)141)38-30-101(22-14-95)54-81(128)129,64-92-72(116)45-112(68(5)6)76(120)49-96-15-23-102(55-82(130)131)31-39-108(61-88(142)143)40-32-103(24-16-96)56-83(132)133)65-93-73(117)46-113(69(7)8)77(121)50-97-17-25-104(57-84(134)135)33-41-109(62-89(144)145)42-34-105(26-18-97)58-85(136)137;;;;/h66-69H,9-65H2,1-8H3,(H,91,115)(H,92,116)(H,93,117)(H,122,123)(H,124,125)(H,126,127)(H,128,129)(H,130,131)(H,132,133)(H,134,135)(H,136,137)(H,138,139)(H,140,141)(H,142,143)(H,144,145);;;;/q;4*+3/p-6. The first-order valence-corrected chi connectivity index (χ1v) is 48.8. The van der Waals surface area contributed by atoms with Crippen molar-refractivity contribution in [1.29, 1.82) is 0 Å². The van der Waals surface area contributed by atoms with Gasteiger partial charge in [0.25, 0.3) is 0 Å². The fourth-order valence-corrected chi connectivity index (χ4v) is 17.1. The maximum Gasteiger partial charge on any atom is 3.00 e. The third-order valence-corrected chi connectivity index (χ3v) is 25.4. The molecular weight excluding hydrogens is 2540 g/mol. The van der Waals surface area contributed by atoms with Gasteiger partial charge in [0.05, 0.1) is 127 Å². The maximum absolute atomic E-state index is 15.3. The molecule has 4 rings (SSSR count). The van der Waals surface area contributed by atoms with Crippen LogP contribution in [-0.2, 0) is 95.9 Å². The van der Waals surface area contributed by atoms with Gasteiger partial charge in [0.1, 0.15) is 0 Å². The van der Waals surface area contributed by atoms with E-state index in [2.05, 4.69) is 16.0 Å². The predicted molar refractivity (Wildman–Crippen MR) is 502 cm³/mol. The van der Waals surface area contributed by atoms with Gasteiger partial charge in [-0.15, -0.1) is 0 Å². The molecule has 59 heteroatoms. The average molecular weight is 2700 g/mol. The normalized spacial score (nSPS) is 17.7. The van der Waals surface area contributed by atoms with E-state index in [0.717, 1.165) is 0 Å². The zero-order valence-corrected chi connectivity index (χ0v) is 95.3. The summed E-state index contributed by atoms with van der Waals surface area (Å²) < 4.78 is 0. The van der Waals surface area contributed by atoms with E-state index in [9.17, 15) is 133 Å². The summed E-state index contributed by atoms with van der Waals surface area (Å²) in [7, 11) is 0. The molecule has 4 fully saturated rings. The molecule has 9 N–H and O–H groups in total. The van der Waals surface area contributed by atoms with Crippen molar-refractivity contribution in [2.24, 2.45) is 5.41 Å². The Kier molecular flexibility index (Phi) is 73.8. The summed E-state index contributed by atoms with van der Waals surface area (Å²) in [5.74, 6) is -22.0. The summed E-state index contributed by atoms with van der Waals surface area (Å²) in [6, 6.07) is -3.11. The van der Waals surface area contributed by atoms with Crippen molar-refractivity contribution in [3.8, 4) is 0 Å². The largest absolute Gasteiger partial charge is 3.00 e. The number of carbonyl (C=O) groups is 20. The molecule has 4 heterocycles. The number of aliphatic carboxylic acids is 12. The van der Waals surface area contributed by atoms with Crippen LogP contribution < -0.4 is 46.6 Å². The quantitative estimate of drug-likeness (QED) is 0.0273. The van der Waals surface area contributed by atoms with Crippen molar-refractivity contribution in [2.75, 3.05) is 360 Å². The van der Waals surface area contributed by atoms with Crippen LogP contribution in [0.4, 0.5) is 0 Å². The summed E-state index contributed by atoms with van der Waals surface area (Å²) in [5, 5.41) is 140. The molecule has 4 aliphatic rings. The Labute approximate surface area is 997 Å². The van der Waals surface area contributed by atoms with Crippen LogP contribution >= 0.6 is 0 Å². The molecule has 0 aromatic carbocycles. The number of carbonyl (C=O) groups excluding carboxylic acids is 14. The Morgan fingerprint density at radius 2 is 0.349 bits per heavy atom. The van der Waals surface area contributed by atoms with Crippen LogP contribution in [-0.4, -0.2) is 632 Å². The summed E-state index contributed by atoms with van der Waals surface area (Å²) in [6.45, 7) is -0.146. The van der Waals surface area contributed by atoms with Crippen LogP contribution in [0.2, 0.25) is 0 Å². The Hall–Kier alpha value is -5.74. The van der Waals surface area contributed by atoms with Gasteiger partial charge >= 0.3 is 196 Å². The third kappa shape index (κ3) is 63.3. The molecule has 55 nitrogen and oxygen atoms in total. The number of carboxylic acid groups (broad SMARTS) is 12. The first kappa shape index (κ1) is 143. The van der Waals surface area contributed by atoms with Crippen molar-refractivity contribution in [3.05, 3.63) is 0 Å². The summed E-state index contributed by atoms with van der Waals surface area (Å²) in [4.78, 5) is 295. The van der Waals surface area contributed by atoms with Crippen LogP contribution in [0.3, 0.4) is 0 Å². The van der Waals surface area contributed by atoms with E-state index >= 15 is 24.0 Å². The molecule has 0 aliphatic carbocycles. The van der Waals surface area contributed by atoms with Gasteiger partial charge in [0, 0.05) is 304 Å². The average Bonchev–Trinajstić information content (AvgIpc) is 0.836. The Morgan fingerprint density at radius 1 is 0.221 bits per heavy atom. The number of hydrogen-bond acceptors (Lipinski definition) is 42. The fourth-order valence-electron chi connectivity index (χ4n) is 17.1. The second-order valence-corrected chi connectivity index (χ2v) is 38.3. The Bertz CT molecular complexity index is 3620. The van der Waals surface area contributed by atoms with Gasteiger partial charge in [-0.25, -0.2) is 0 Å². The molecule has 0 aromatic rings. The minimum atomic E-state index is -1.82. The van der Waals surface area contributed by atoms with Gasteiger partial charge in [-0.1, -0.05) is 0 Å². The minimum Gasteiger partial charge on any atom is -0.549 e. The summed E-state index contributed by atoms with van der Waals surface area (Å²) >= 11 is 0. The minimum absolute atomic E-state index is 0. The van der Waals surface area contributed by atoms with Gasteiger partial charge in [0.2, 0.25) is 41.4 Å². The van der Waals surface area contributed by atoms with Crippen molar-refractivity contribution >= 4 is 119 Å². The molecule has 0 spiro atoms. The van der Waals surface area contributed by atoms with Gasteiger partial charge in [-0.3, -0.25) is 146 Å². The van der Waals surface area contributed by atoms with E-state index in [1.807, 2.05) is 0 Å². The van der Waals surface area contributed by atoms with Crippen LogP contribution in [0.15, 0.2) is 0 Å². The van der Waals surface area contributed by atoms with E-state index in [-0.39, 0.29) is 369 Å². The smallest absolute Gasteiger partial charge is 0.549 e. The first-order chi connectivity index (χ1) is 68.2. The number of hydrogen-bond donors (Lipinski definition) is 9. The third-order valence-electron chi connectivity index (χ3n) is 25.4. The van der Waals surface area contributed by atoms with Gasteiger partial charge < -0.3 is 126 Å². The van der Waals surface area contributed by atoms with Crippen LogP contribution in [0.5, 0.6) is 0 Å². The van der Waals surface area contributed by atoms with E-state index < -0.39 is 312 Å². The molecule has 7 amide bonds. The second-order valence-electron chi connectivity index (χ2n) is 38.3. The van der Waals surface area contributed by atoms with E-state index in [4.69, 9.17) is 0 Å². The van der Waals surface area contributed by atoms with Crippen LogP contribution in [0.1, 0.15) is 68.2 Å². The molecule has 4 radical (unpaired) electrons. The van der Waals surface area contributed by atoms with Crippen molar-refractivity contribution in [2.45, 2.75) is 92.4 Å². The van der Waals surface area contributed by atoms with Crippen molar-refractivity contribution in [1.82, 2.24) is 114 Å². The summed E-state index contributed by atoms with van der Waals surface area (Å²) in [5.41, 5.74) is -1.82. The first-order valence-electron chi connectivity index (χ1n) is 48.8. The molecule has 0 aromatic heterocycles. The predicted octanol–water partition coefficient (Wildman–Crippen LogP) is -17.5. The molecule has 4 saturated heterocycles. The number of ketones is 1. The molecule has 0 unspecified atom stereocenters. The maximum atomic E-state index is 15.3. The zero-order chi connectivity index (χ0) is 108. The number of rotatable bonds is 53. The molecule has 149 heavy (non-hydrogen) atoms. The van der Waals surface area contributed by atoms with E-state index in [1.165, 1.54) is 73.5 Å². The van der Waals surface area contributed by atoms with E-state index in [0.29, 0.717) is 0 Å². The topological polar surface area (TPSA) is 702 Å². The van der Waals surface area contributed by atoms with Crippen LogP contribution in [0.25, 0.3) is 0 Å². The van der Waals surface area contributed by atoms with Gasteiger partial charge in [-0.2, -0.15) is 0 Å². The number of amides is 7.